The maximum atomic E-state index is 13.3. The van der Waals surface area contributed by atoms with E-state index in [9.17, 15) is 4.39 Å². The summed E-state index contributed by atoms with van der Waals surface area (Å²) in [4.78, 5) is 2.10. The SMILES string of the molecule is CC(C1CCOCC1)N1Cc2ccc(F)cc2C1=N. The Morgan fingerprint density at radius 3 is 2.84 bits per heavy atom. The van der Waals surface area contributed by atoms with Gasteiger partial charge in [0.05, 0.1) is 0 Å². The van der Waals surface area contributed by atoms with Crippen LogP contribution in [0.2, 0.25) is 0 Å². The normalized spacial score (nSPS) is 21.6. The lowest BCUT2D eigenvalue weighted by molar-refractivity contribution is 0.0432. The fraction of sp³-hybridized carbons (Fsp3) is 0.533. The highest BCUT2D eigenvalue weighted by molar-refractivity contribution is 6.00. The highest BCUT2D eigenvalue weighted by Gasteiger charge is 2.32. The summed E-state index contributed by atoms with van der Waals surface area (Å²) in [6.45, 7) is 4.54. The molecule has 1 unspecified atom stereocenters. The first kappa shape index (κ1) is 12.6. The maximum absolute atomic E-state index is 13.3. The summed E-state index contributed by atoms with van der Waals surface area (Å²) in [5.41, 5.74) is 1.81. The standard InChI is InChI=1S/C15H19FN2O/c1-10(11-4-6-19-7-5-11)18-9-12-2-3-13(16)8-14(12)15(18)17/h2-3,8,10-11,17H,4-7,9H2,1H3. The van der Waals surface area contributed by atoms with E-state index in [2.05, 4.69) is 11.8 Å². The number of hydrogen-bond acceptors (Lipinski definition) is 2. The second-order valence-corrected chi connectivity index (χ2v) is 5.47. The van der Waals surface area contributed by atoms with Crippen LogP contribution in [0.4, 0.5) is 4.39 Å². The predicted octanol–water partition coefficient (Wildman–Crippen LogP) is 2.78. The molecule has 19 heavy (non-hydrogen) atoms. The number of rotatable bonds is 2. The quantitative estimate of drug-likeness (QED) is 0.889. The molecule has 1 aromatic rings. The van der Waals surface area contributed by atoms with E-state index in [1.54, 1.807) is 6.07 Å². The summed E-state index contributed by atoms with van der Waals surface area (Å²) in [7, 11) is 0. The molecule has 3 nitrogen and oxygen atoms in total. The van der Waals surface area contributed by atoms with Gasteiger partial charge in [-0.25, -0.2) is 4.39 Å². The molecule has 0 aromatic heterocycles. The van der Waals surface area contributed by atoms with Crippen molar-refractivity contribution in [3.8, 4) is 0 Å². The van der Waals surface area contributed by atoms with Crippen molar-refractivity contribution in [2.45, 2.75) is 32.4 Å². The van der Waals surface area contributed by atoms with E-state index in [1.807, 2.05) is 0 Å². The number of nitrogens with zero attached hydrogens (tertiary/aromatic N) is 1. The van der Waals surface area contributed by atoms with E-state index >= 15 is 0 Å². The zero-order valence-corrected chi connectivity index (χ0v) is 11.2. The molecule has 0 bridgehead atoms. The Bertz CT molecular complexity index is 497. The monoisotopic (exact) mass is 262 g/mol. The van der Waals surface area contributed by atoms with E-state index < -0.39 is 0 Å². The van der Waals surface area contributed by atoms with Gasteiger partial charge in [0.2, 0.25) is 0 Å². The minimum absolute atomic E-state index is 0.260. The fourth-order valence-corrected chi connectivity index (χ4v) is 3.12. The first-order valence-corrected chi connectivity index (χ1v) is 6.88. The zero-order chi connectivity index (χ0) is 13.4. The van der Waals surface area contributed by atoms with Crippen molar-refractivity contribution in [1.29, 1.82) is 5.41 Å². The Morgan fingerprint density at radius 1 is 1.37 bits per heavy atom. The van der Waals surface area contributed by atoms with E-state index in [4.69, 9.17) is 10.1 Å². The number of nitrogens with one attached hydrogen (secondary N) is 1. The van der Waals surface area contributed by atoms with Crippen LogP contribution in [-0.4, -0.2) is 30.0 Å². The Kier molecular flexibility index (Phi) is 3.27. The summed E-state index contributed by atoms with van der Waals surface area (Å²) in [6, 6.07) is 5.07. The zero-order valence-electron chi connectivity index (χ0n) is 11.2. The van der Waals surface area contributed by atoms with Crippen LogP contribution in [0.5, 0.6) is 0 Å². The summed E-state index contributed by atoms with van der Waals surface area (Å²) in [6.07, 6.45) is 2.10. The summed E-state index contributed by atoms with van der Waals surface area (Å²) in [5, 5.41) is 8.26. The molecule has 1 saturated heterocycles. The average Bonchev–Trinajstić information content (AvgIpc) is 2.76. The predicted molar refractivity (Wildman–Crippen MR) is 71.8 cm³/mol. The van der Waals surface area contributed by atoms with Gasteiger partial charge in [-0.2, -0.15) is 0 Å². The third-order valence-electron chi connectivity index (χ3n) is 4.39. The number of ether oxygens (including phenoxy) is 1. The molecule has 1 atom stereocenters. The molecule has 102 valence electrons. The Hall–Kier alpha value is -1.42. The summed E-state index contributed by atoms with van der Waals surface area (Å²) >= 11 is 0. The van der Waals surface area contributed by atoms with Crippen LogP contribution in [0.25, 0.3) is 0 Å². The van der Waals surface area contributed by atoms with Gasteiger partial charge in [-0.05, 0) is 43.4 Å². The van der Waals surface area contributed by atoms with Crippen molar-refractivity contribution in [3.05, 3.63) is 35.1 Å². The van der Waals surface area contributed by atoms with Crippen molar-refractivity contribution in [1.82, 2.24) is 4.90 Å². The molecule has 0 saturated carbocycles. The number of hydrogen-bond donors (Lipinski definition) is 1. The second-order valence-electron chi connectivity index (χ2n) is 5.47. The minimum Gasteiger partial charge on any atom is -0.381 e. The van der Waals surface area contributed by atoms with Crippen molar-refractivity contribution in [2.75, 3.05) is 13.2 Å². The first-order valence-electron chi connectivity index (χ1n) is 6.88. The lowest BCUT2D eigenvalue weighted by Crippen LogP contribution is -2.40. The summed E-state index contributed by atoms with van der Waals surface area (Å²) < 4.78 is 18.7. The molecule has 0 amide bonds. The van der Waals surface area contributed by atoms with Crippen LogP contribution >= 0.6 is 0 Å². The van der Waals surface area contributed by atoms with Crippen LogP contribution in [-0.2, 0) is 11.3 Å². The number of fused-ring (bicyclic) bond motifs is 1. The molecule has 4 heteroatoms. The van der Waals surface area contributed by atoms with E-state index in [1.165, 1.54) is 12.1 Å². The van der Waals surface area contributed by atoms with E-state index in [-0.39, 0.29) is 5.82 Å². The van der Waals surface area contributed by atoms with Crippen LogP contribution in [0.1, 0.15) is 30.9 Å². The highest BCUT2D eigenvalue weighted by atomic mass is 19.1. The molecule has 1 fully saturated rings. The van der Waals surface area contributed by atoms with Crippen LogP contribution in [0.3, 0.4) is 0 Å². The molecule has 2 aliphatic heterocycles. The lowest BCUT2D eigenvalue weighted by Gasteiger charge is -2.35. The molecular formula is C15H19FN2O. The van der Waals surface area contributed by atoms with Crippen molar-refractivity contribution in [2.24, 2.45) is 5.92 Å². The Labute approximate surface area is 112 Å². The number of halogens is 1. The molecule has 2 aliphatic rings. The topological polar surface area (TPSA) is 36.3 Å². The molecule has 0 spiro atoms. The molecule has 0 radical (unpaired) electrons. The van der Waals surface area contributed by atoms with Crippen molar-refractivity contribution in [3.63, 3.8) is 0 Å². The van der Waals surface area contributed by atoms with Crippen LogP contribution in [0.15, 0.2) is 18.2 Å². The van der Waals surface area contributed by atoms with E-state index in [0.717, 1.165) is 43.7 Å². The second kappa shape index (κ2) is 4.93. The van der Waals surface area contributed by atoms with Gasteiger partial charge in [0, 0.05) is 31.4 Å². The molecule has 3 rings (SSSR count). The van der Waals surface area contributed by atoms with Gasteiger partial charge in [0.25, 0.3) is 0 Å². The molecule has 1 N–H and O–H groups in total. The van der Waals surface area contributed by atoms with Crippen molar-refractivity contribution >= 4 is 5.84 Å². The molecule has 1 aromatic carbocycles. The average molecular weight is 262 g/mol. The molecular weight excluding hydrogens is 243 g/mol. The Balaban J connectivity index is 1.79. The molecule has 2 heterocycles. The number of benzene rings is 1. The summed E-state index contributed by atoms with van der Waals surface area (Å²) in [5.74, 6) is 0.769. The third kappa shape index (κ3) is 2.25. The van der Waals surface area contributed by atoms with Crippen LogP contribution in [0, 0.1) is 17.1 Å². The van der Waals surface area contributed by atoms with Gasteiger partial charge in [-0.3, -0.25) is 5.41 Å². The number of amidine groups is 1. The minimum atomic E-state index is -0.260. The fourth-order valence-electron chi connectivity index (χ4n) is 3.12. The van der Waals surface area contributed by atoms with Gasteiger partial charge >= 0.3 is 0 Å². The largest absolute Gasteiger partial charge is 0.381 e. The molecule has 0 aliphatic carbocycles. The smallest absolute Gasteiger partial charge is 0.129 e. The lowest BCUT2D eigenvalue weighted by atomic mass is 9.92. The maximum Gasteiger partial charge on any atom is 0.129 e. The Morgan fingerprint density at radius 2 is 2.11 bits per heavy atom. The van der Waals surface area contributed by atoms with Crippen molar-refractivity contribution < 1.29 is 9.13 Å². The van der Waals surface area contributed by atoms with Gasteiger partial charge in [0.15, 0.2) is 0 Å². The first-order chi connectivity index (χ1) is 9.16. The van der Waals surface area contributed by atoms with E-state index in [0.29, 0.717) is 17.8 Å². The highest BCUT2D eigenvalue weighted by Crippen LogP contribution is 2.30. The van der Waals surface area contributed by atoms with Gasteiger partial charge in [-0.1, -0.05) is 6.07 Å². The van der Waals surface area contributed by atoms with Gasteiger partial charge in [-0.15, -0.1) is 0 Å². The third-order valence-corrected chi connectivity index (χ3v) is 4.39. The van der Waals surface area contributed by atoms with Gasteiger partial charge < -0.3 is 9.64 Å². The van der Waals surface area contributed by atoms with Crippen LogP contribution < -0.4 is 0 Å². The van der Waals surface area contributed by atoms with Gasteiger partial charge in [0.1, 0.15) is 11.7 Å².